The third-order valence-electron chi connectivity index (χ3n) is 5.27. The highest BCUT2D eigenvalue weighted by Gasteiger charge is 2.23. The van der Waals surface area contributed by atoms with Crippen LogP contribution in [0.3, 0.4) is 0 Å². The van der Waals surface area contributed by atoms with Crippen molar-refractivity contribution in [2.45, 2.75) is 0 Å². The molecule has 4 heterocycles. The van der Waals surface area contributed by atoms with Gasteiger partial charge in [-0.15, -0.1) is 26.0 Å². The van der Waals surface area contributed by atoms with Gasteiger partial charge in [0.1, 0.15) is 5.52 Å². The van der Waals surface area contributed by atoms with E-state index in [1.165, 1.54) is 41.8 Å². The van der Waals surface area contributed by atoms with E-state index < -0.39 is 0 Å². The Morgan fingerprint density at radius 2 is 1.80 bits per heavy atom. The Bertz CT molecular complexity index is 1600. The maximum atomic E-state index is 4.74. The van der Waals surface area contributed by atoms with Crippen LogP contribution in [0.25, 0.3) is 52.9 Å². The van der Waals surface area contributed by atoms with Gasteiger partial charge in [-0.25, -0.2) is 0 Å². The average Bonchev–Trinajstić information content (AvgIpc) is 3.19. The Morgan fingerprint density at radius 3 is 2.76 bits per heavy atom. The molecule has 0 spiro atoms. The van der Waals surface area contributed by atoms with Crippen molar-refractivity contribution in [3.63, 3.8) is 0 Å². The minimum absolute atomic E-state index is 1.05. The molecule has 0 aliphatic heterocycles. The lowest BCUT2D eigenvalue weighted by Crippen LogP contribution is -2.24. The molecule has 0 fully saturated rings. The van der Waals surface area contributed by atoms with E-state index in [-0.39, 0.29) is 0 Å². The van der Waals surface area contributed by atoms with E-state index in [0.29, 0.717) is 0 Å². The first-order valence-corrected chi connectivity index (χ1v) is 9.06. The van der Waals surface area contributed by atoms with Gasteiger partial charge in [0, 0.05) is 20.9 Å². The Morgan fingerprint density at radius 1 is 0.880 bits per heavy atom. The van der Waals surface area contributed by atoms with Crippen LogP contribution in [0, 0.1) is 0 Å². The topological polar surface area (TPSA) is 37.2 Å². The number of aromatic nitrogens is 4. The number of rotatable bonds is 0. The summed E-state index contributed by atoms with van der Waals surface area (Å²) < 4.78 is 6.76. The van der Waals surface area contributed by atoms with Gasteiger partial charge in [0.05, 0.1) is 10.9 Å². The molecular weight excluding hydrogens is 328 g/mol. The van der Waals surface area contributed by atoms with Crippen LogP contribution in [0.4, 0.5) is 0 Å². The van der Waals surface area contributed by atoms with E-state index in [1.54, 1.807) is 0 Å². The van der Waals surface area contributed by atoms with E-state index in [9.17, 15) is 0 Å². The number of pyridine rings is 1. The van der Waals surface area contributed by atoms with Gasteiger partial charge < -0.3 is 0 Å². The molecular formula is C20H11N4S+. The molecule has 0 saturated heterocycles. The molecule has 0 aliphatic carbocycles. The van der Waals surface area contributed by atoms with E-state index in [1.807, 2.05) is 22.2 Å². The summed E-state index contributed by atoms with van der Waals surface area (Å²) in [5.41, 5.74) is 3.45. The van der Waals surface area contributed by atoms with Crippen LogP contribution in [-0.4, -0.2) is 14.7 Å². The Labute approximate surface area is 144 Å². The Kier molecular flexibility index (Phi) is 1.90. The molecule has 0 bridgehead atoms. The van der Waals surface area contributed by atoms with Gasteiger partial charge in [0.15, 0.2) is 11.0 Å². The number of nitrogens with one attached hydrogen (secondary N) is 1. The monoisotopic (exact) mass is 339 g/mol. The lowest BCUT2D eigenvalue weighted by atomic mass is 9.97. The van der Waals surface area contributed by atoms with Gasteiger partial charge >= 0.3 is 0 Å². The molecule has 116 valence electrons. The lowest BCUT2D eigenvalue weighted by molar-refractivity contribution is -0.585. The second-order valence-corrected chi connectivity index (χ2v) is 7.60. The number of benzene rings is 3. The first-order valence-electron chi connectivity index (χ1n) is 8.24. The molecule has 3 aromatic carbocycles. The summed E-state index contributed by atoms with van der Waals surface area (Å²) in [5, 5.41) is 9.86. The number of hydrogen-bond acceptors (Lipinski definition) is 2. The molecule has 0 amide bonds. The first kappa shape index (κ1) is 12.2. The number of nitrogens with zero attached hydrogens (tertiary/aromatic N) is 3. The molecule has 0 aliphatic rings. The number of aromatic amines is 1. The minimum Gasteiger partial charge on any atom is -0.170 e. The van der Waals surface area contributed by atoms with Gasteiger partial charge in [-0.2, -0.15) is 4.52 Å². The standard InChI is InChI=1S/C20H11N4S/c1-2-5-13-11(4-1)12-7-8-14-17-16(12)20-18(13)21-10-24(20)22-23-9-3-6-15(25-14)19(17)23/h1-10,22H/q+1. The number of imidazole rings is 1. The average molecular weight is 339 g/mol. The van der Waals surface area contributed by atoms with Crippen LogP contribution < -0.4 is 4.52 Å². The van der Waals surface area contributed by atoms with Crippen LogP contribution in [0.5, 0.6) is 0 Å². The summed E-state index contributed by atoms with van der Waals surface area (Å²) in [4.78, 5) is 4.74. The van der Waals surface area contributed by atoms with Crippen molar-refractivity contribution in [2.24, 2.45) is 0 Å². The van der Waals surface area contributed by atoms with Crippen molar-refractivity contribution in [1.82, 2.24) is 14.7 Å². The van der Waals surface area contributed by atoms with E-state index >= 15 is 0 Å². The first-order chi connectivity index (χ1) is 12.4. The highest BCUT2D eigenvalue weighted by Crippen LogP contribution is 2.42. The summed E-state index contributed by atoms with van der Waals surface area (Å²) in [7, 11) is 0. The fraction of sp³-hybridized carbons (Fsp3) is 0. The Balaban J connectivity index is 2.05. The summed E-state index contributed by atoms with van der Waals surface area (Å²) in [6.45, 7) is 0. The van der Waals surface area contributed by atoms with Gasteiger partial charge in [0.25, 0.3) is 0 Å². The van der Waals surface area contributed by atoms with Crippen molar-refractivity contribution in [2.75, 3.05) is 0 Å². The summed E-state index contributed by atoms with van der Waals surface area (Å²) in [5.74, 6) is 0. The third kappa shape index (κ3) is 1.28. The molecule has 0 saturated carbocycles. The van der Waals surface area contributed by atoms with Crippen LogP contribution in [0.15, 0.2) is 61.1 Å². The maximum Gasteiger partial charge on any atom is 0.248 e. The SMILES string of the molecule is c1ccc2c(c1)c1ccc3sc4cccn5[nH][n+]6cnc2c6c1c3c45. The zero-order chi connectivity index (χ0) is 16.1. The number of thiophene rings is 1. The molecule has 1 N–H and O–H groups in total. The summed E-state index contributed by atoms with van der Waals surface area (Å²) in [6, 6.07) is 17.4. The third-order valence-corrected chi connectivity index (χ3v) is 6.38. The minimum atomic E-state index is 1.05. The van der Waals surface area contributed by atoms with Gasteiger partial charge in [-0.05, 0) is 29.0 Å². The molecule has 0 unspecified atom stereocenters. The molecule has 7 aromatic rings. The molecule has 5 heteroatoms. The highest BCUT2D eigenvalue weighted by molar-refractivity contribution is 7.26. The smallest absolute Gasteiger partial charge is 0.170 e. The number of hydrogen-bond donors (Lipinski definition) is 1. The zero-order valence-electron chi connectivity index (χ0n) is 13.0. The van der Waals surface area contributed by atoms with Gasteiger partial charge in [0.2, 0.25) is 6.33 Å². The van der Waals surface area contributed by atoms with Crippen molar-refractivity contribution >= 4 is 64.2 Å². The van der Waals surface area contributed by atoms with Crippen molar-refractivity contribution in [3.05, 3.63) is 61.1 Å². The van der Waals surface area contributed by atoms with Crippen LogP contribution in [0.2, 0.25) is 0 Å². The Hall–Kier alpha value is -3.18. The fourth-order valence-electron chi connectivity index (χ4n) is 4.29. The van der Waals surface area contributed by atoms with Gasteiger partial charge in [-0.1, -0.05) is 30.3 Å². The van der Waals surface area contributed by atoms with Crippen LogP contribution in [-0.2, 0) is 0 Å². The zero-order valence-corrected chi connectivity index (χ0v) is 13.8. The molecule has 7 rings (SSSR count). The van der Waals surface area contributed by atoms with Crippen molar-refractivity contribution in [1.29, 1.82) is 0 Å². The molecule has 4 aromatic heterocycles. The molecule has 25 heavy (non-hydrogen) atoms. The largest absolute Gasteiger partial charge is 0.248 e. The summed E-state index contributed by atoms with van der Waals surface area (Å²) in [6.07, 6.45) is 3.96. The van der Waals surface area contributed by atoms with Crippen LogP contribution >= 0.6 is 11.3 Å². The molecule has 0 atom stereocenters. The number of fused-ring (bicyclic) bond motifs is 3. The predicted octanol–water partition coefficient (Wildman–Crippen LogP) is 4.51. The summed E-state index contributed by atoms with van der Waals surface area (Å²) >= 11 is 1.85. The highest BCUT2D eigenvalue weighted by atomic mass is 32.1. The predicted molar refractivity (Wildman–Crippen MR) is 102 cm³/mol. The fourth-order valence-corrected chi connectivity index (χ4v) is 5.41. The quantitative estimate of drug-likeness (QED) is 0.320. The van der Waals surface area contributed by atoms with Crippen molar-refractivity contribution < 1.29 is 4.52 Å². The van der Waals surface area contributed by atoms with E-state index in [0.717, 1.165) is 11.0 Å². The normalized spacial score (nSPS) is 12.8. The number of H-pyrrole nitrogens is 1. The van der Waals surface area contributed by atoms with Gasteiger partial charge in [-0.3, -0.25) is 0 Å². The molecule has 4 nitrogen and oxygen atoms in total. The van der Waals surface area contributed by atoms with Crippen LogP contribution in [0.1, 0.15) is 0 Å². The lowest BCUT2D eigenvalue weighted by Gasteiger charge is -2.05. The van der Waals surface area contributed by atoms with E-state index in [2.05, 4.69) is 64.5 Å². The molecule has 0 radical (unpaired) electrons. The maximum absolute atomic E-state index is 4.74. The van der Waals surface area contributed by atoms with Crippen molar-refractivity contribution in [3.8, 4) is 0 Å². The second-order valence-electron chi connectivity index (χ2n) is 6.51. The second kappa shape index (κ2) is 3.90. The van der Waals surface area contributed by atoms with E-state index in [4.69, 9.17) is 4.98 Å².